The van der Waals surface area contributed by atoms with Crippen LogP contribution in [0.2, 0.25) is 0 Å². The molecule has 3 rings (SSSR count). The van der Waals surface area contributed by atoms with Gasteiger partial charge >= 0.3 is 5.97 Å². The third-order valence-electron chi connectivity index (χ3n) is 4.71. The summed E-state index contributed by atoms with van der Waals surface area (Å²) in [6.07, 6.45) is 3.20. The van der Waals surface area contributed by atoms with E-state index in [0.717, 1.165) is 0 Å². The first kappa shape index (κ1) is 20.0. The minimum atomic E-state index is -1.04. The average Bonchev–Trinajstić information content (AvgIpc) is 3.49. The summed E-state index contributed by atoms with van der Waals surface area (Å²) in [7, 11) is 0. The minimum absolute atomic E-state index is 0.0636. The van der Waals surface area contributed by atoms with Crippen LogP contribution in [-0.2, 0) is 14.4 Å². The normalized spacial score (nSPS) is 18.3. The molecule has 29 heavy (non-hydrogen) atoms. The zero-order valence-corrected chi connectivity index (χ0v) is 15.5. The predicted molar refractivity (Wildman–Crippen MR) is 105 cm³/mol. The number of benzene rings is 1. The van der Waals surface area contributed by atoms with Crippen molar-refractivity contribution in [2.75, 3.05) is 5.32 Å². The summed E-state index contributed by atoms with van der Waals surface area (Å²) in [6, 6.07) is 9.18. The van der Waals surface area contributed by atoms with Crippen LogP contribution in [0.3, 0.4) is 0 Å². The van der Waals surface area contributed by atoms with E-state index in [2.05, 4.69) is 15.6 Å². The van der Waals surface area contributed by atoms with Crippen LogP contribution in [0.25, 0.3) is 0 Å². The molecule has 0 saturated heterocycles. The molecule has 0 aliphatic heterocycles. The van der Waals surface area contributed by atoms with Crippen molar-refractivity contribution in [2.24, 2.45) is 17.6 Å². The van der Waals surface area contributed by atoms with Gasteiger partial charge in [-0.05, 0) is 42.3 Å². The van der Waals surface area contributed by atoms with Crippen molar-refractivity contribution in [2.45, 2.75) is 18.9 Å². The highest BCUT2D eigenvalue weighted by Gasteiger charge is 2.48. The number of aromatic nitrogens is 1. The lowest BCUT2D eigenvalue weighted by Crippen LogP contribution is -2.32. The summed E-state index contributed by atoms with van der Waals surface area (Å²) >= 11 is 0. The molecule has 1 aliphatic carbocycles. The van der Waals surface area contributed by atoms with E-state index < -0.39 is 23.8 Å². The lowest BCUT2D eigenvalue weighted by molar-refractivity contribution is -0.138. The maximum Gasteiger partial charge on any atom is 0.305 e. The highest BCUT2D eigenvalue weighted by Crippen LogP contribution is 2.40. The molecule has 150 valence electrons. The number of anilines is 1. The van der Waals surface area contributed by atoms with Crippen molar-refractivity contribution < 1.29 is 19.5 Å². The Morgan fingerprint density at radius 3 is 2.45 bits per heavy atom. The quantitative estimate of drug-likeness (QED) is 0.334. The molecule has 1 aliphatic rings. The van der Waals surface area contributed by atoms with Crippen molar-refractivity contribution in [3.05, 3.63) is 59.9 Å². The van der Waals surface area contributed by atoms with Crippen LogP contribution in [0.4, 0.5) is 5.69 Å². The molecule has 2 amide bonds. The largest absolute Gasteiger partial charge is 0.481 e. The van der Waals surface area contributed by atoms with Gasteiger partial charge in [-0.2, -0.15) is 0 Å². The van der Waals surface area contributed by atoms with E-state index in [-0.39, 0.29) is 24.1 Å². The number of nitrogens with one attached hydrogen (secondary N) is 3. The Bertz CT molecular complexity index is 930. The maximum atomic E-state index is 12.5. The number of rotatable bonds is 8. The number of hydrogen-bond acceptors (Lipinski definition) is 5. The molecule has 1 fully saturated rings. The van der Waals surface area contributed by atoms with E-state index in [1.54, 1.807) is 42.6 Å². The van der Waals surface area contributed by atoms with Gasteiger partial charge in [-0.25, -0.2) is 0 Å². The number of pyridine rings is 1. The number of carboxylic acid groups (broad SMARTS) is 1. The monoisotopic (exact) mass is 395 g/mol. The number of amides is 2. The van der Waals surface area contributed by atoms with Crippen molar-refractivity contribution in [3.8, 4) is 0 Å². The number of nitrogen functional groups attached to an aromatic ring is 1. The van der Waals surface area contributed by atoms with E-state index in [9.17, 15) is 14.4 Å². The Kier molecular flexibility index (Phi) is 5.87. The molecule has 1 aromatic heterocycles. The Balaban J connectivity index is 1.57. The molecule has 0 spiro atoms. The second-order valence-corrected chi connectivity index (χ2v) is 6.87. The first-order chi connectivity index (χ1) is 13.8. The van der Waals surface area contributed by atoms with Gasteiger partial charge in [0.15, 0.2) is 0 Å². The Morgan fingerprint density at radius 1 is 1.17 bits per heavy atom. The fourth-order valence-corrected chi connectivity index (χ4v) is 3.03. The Hall–Kier alpha value is -3.75. The molecule has 0 bridgehead atoms. The summed E-state index contributed by atoms with van der Waals surface area (Å²) < 4.78 is 0. The minimum Gasteiger partial charge on any atom is -0.481 e. The van der Waals surface area contributed by atoms with Crippen LogP contribution >= 0.6 is 0 Å². The third kappa shape index (κ3) is 5.16. The summed E-state index contributed by atoms with van der Waals surface area (Å²) in [6.45, 7) is 0. The molecule has 3 atom stereocenters. The molecule has 1 heterocycles. The molecule has 6 N–H and O–H groups in total. The van der Waals surface area contributed by atoms with Crippen molar-refractivity contribution in [3.63, 3.8) is 0 Å². The van der Waals surface area contributed by atoms with Gasteiger partial charge in [-0.15, -0.1) is 0 Å². The highest BCUT2D eigenvalue weighted by molar-refractivity contribution is 6.00. The van der Waals surface area contributed by atoms with E-state index in [1.807, 2.05) is 0 Å². The third-order valence-corrected chi connectivity index (χ3v) is 4.71. The lowest BCUT2D eigenvalue weighted by Gasteiger charge is -2.17. The standard InChI is InChI=1S/C20H21N5O4/c21-18(22)11-3-5-13(6-4-11)24-19(28)14-8-15(14)20(29)25-16(9-17(26)27)12-2-1-7-23-10-12/h1-7,10,14-16H,8-9H2,(H3,21,22)(H,24,28)(H,25,29)(H,26,27)/t14?,15?,16-/m1/s1. The molecule has 9 nitrogen and oxygen atoms in total. The van der Waals surface area contributed by atoms with Crippen LogP contribution in [0.5, 0.6) is 0 Å². The topological polar surface area (TPSA) is 158 Å². The van der Waals surface area contributed by atoms with Crippen LogP contribution in [0, 0.1) is 17.2 Å². The van der Waals surface area contributed by atoms with Gasteiger partial charge in [0, 0.05) is 23.6 Å². The fourth-order valence-electron chi connectivity index (χ4n) is 3.03. The number of hydrogen-bond donors (Lipinski definition) is 5. The second-order valence-electron chi connectivity index (χ2n) is 6.87. The van der Waals surface area contributed by atoms with Crippen LogP contribution < -0.4 is 16.4 Å². The average molecular weight is 395 g/mol. The molecule has 2 aromatic rings. The van der Waals surface area contributed by atoms with Gasteiger partial charge in [-0.1, -0.05) is 6.07 Å². The Morgan fingerprint density at radius 2 is 1.86 bits per heavy atom. The number of nitrogens with zero attached hydrogens (tertiary/aromatic N) is 1. The summed E-state index contributed by atoms with van der Waals surface area (Å²) in [5.41, 5.74) is 7.08. The number of carboxylic acids is 1. The number of nitrogens with two attached hydrogens (primary N) is 1. The molecule has 9 heteroatoms. The van der Waals surface area contributed by atoms with Gasteiger partial charge in [0.25, 0.3) is 0 Å². The Labute approximate surface area is 166 Å². The molecule has 1 aromatic carbocycles. The summed E-state index contributed by atoms with van der Waals surface area (Å²) in [5.74, 6) is -2.71. The predicted octanol–water partition coefficient (Wildman–Crippen LogP) is 1.27. The van der Waals surface area contributed by atoms with E-state index in [0.29, 0.717) is 23.2 Å². The van der Waals surface area contributed by atoms with Gasteiger partial charge in [0.2, 0.25) is 11.8 Å². The van der Waals surface area contributed by atoms with E-state index in [4.69, 9.17) is 16.2 Å². The number of aliphatic carboxylic acids is 1. The zero-order chi connectivity index (χ0) is 21.0. The lowest BCUT2D eigenvalue weighted by atomic mass is 10.1. The van der Waals surface area contributed by atoms with Gasteiger partial charge in [0.05, 0.1) is 24.3 Å². The number of carbonyl (C=O) groups is 3. The van der Waals surface area contributed by atoms with Crippen molar-refractivity contribution >= 4 is 29.3 Å². The van der Waals surface area contributed by atoms with E-state index >= 15 is 0 Å². The number of carbonyl (C=O) groups excluding carboxylic acids is 2. The van der Waals surface area contributed by atoms with Gasteiger partial charge in [-0.3, -0.25) is 24.8 Å². The van der Waals surface area contributed by atoms with Crippen LogP contribution in [0.15, 0.2) is 48.8 Å². The SMILES string of the molecule is N=C(N)c1ccc(NC(=O)C2CC2C(=O)N[C@H](CC(=O)O)c2cccnc2)cc1. The number of amidine groups is 1. The van der Waals surface area contributed by atoms with E-state index in [1.165, 1.54) is 6.20 Å². The molecular weight excluding hydrogens is 374 g/mol. The van der Waals surface area contributed by atoms with Gasteiger partial charge in [0.1, 0.15) is 5.84 Å². The first-order valence-electron chi connectivity index (χ1n) is 9.02. The fraction of sp³-hybridized carbons (Fsp3) is 0.250. The van der Waals surface area contributed by atoms with Crippen LogP contribution in [-0.4, -0.2) is 33.7 Å². The maximum absolute atomic E-state index is 12.5. The molecule has 2 unspecified atom stereocenters. The first-order valence-corrected chi connectivity index (χ1v) is 9.02. The second kappa shape index (κ2) is 8.51. The molecule has 0 radical (unpaired) electrons. The summed E-state index contributed by atoms with van der Waals surface area (Å²) in [4.78, 5) is 40.0. The smallest absolute Gasteiger partial charge is 0.305 e. The van der Waals surface area contributed by atoms with Crippen LogP contribution in [0.1, 0.15) is 30.0 Å². The zero-order valence-electron chi connectivity index (χ0n) is 15.5. The van der Waals surface area contributed by atoms with Crippen molar-refractivity contribution in [1.82, 2.24) is 10.3 Å². The van der Waals surface area contributed by atoms with Gasteiger partial charge < -0.3 is 21.5 Å². The highest BCUT2D eigenvalue weighted by atomic mass is 16.4. The van der Waals surface area contributed by atoms with Crippen molar-refractivity contribution in [1.29, 1.82) is 5.41 Å². The molecule has 1 saturated carbocycles. The summed E-state index contributed by atoms with van der Waals surface area (Å²) in [5, 5.41) is 21.9. The molecular formula is C20H21N5O4.